The van der Waals surface area contributed by atoms with Gasteiger partial charge in [0.25, 0.3) is 0 Å². The lowest BCUT2D eigenvalue weighted by Crippen LogP contribution is -2.27. The minimum Gasteiger partial charge on any atom is -0.325 e. The van der Waals surface area contributed by atoms with Gasteiger partial charge in [0.15, 0.2) is 0 Å². The van der Waals surface area contributed by atoms with Crippen molar-refractivity contribution in [2.75, 3.05) is 5.32 Å². The molecule has 0 radical (unpaired) electrons. The van der Waals surface area contributed by atoms with E-state index in [9.17, 15) is 0 Å². The number of aliphatic imine (C=N–C) groups is 1. The van der Waals surface area contributed by atoms with Crippen molar-refractivity contribution < 1.29 is 0 Å². The molecule has 0 saturated heterocycles. The van der Waals surface area contributed by atoms with Gasteiger partial charge >= 0.3 is 0 Å². The largest absolute Gasteiger partial charge is 0.325 e. The van der Waals surface area contributed by atoms with Gasteiger partial charge in [0.2, 0.25) is 5.96 Å². The molecule has 0 spiro atoms. The number of thiophene rings is 1. The summed E-state index contributed by atoms with van der Waals surface area (Å²) in [4.78, 5) is 5.55. The number of benzene rings is 7. The van der Waals surface area contributed by atoms with Crippen LogP contribution in [0.15, 0.2) is 169 Å². The molecule has 2 aromatic heterocycles. The lowest BCUT2D eigenvalue weighted by Gasteiger charge is -2.27. The van der Waals surface area contributed by atoms with E-state index in [-0.39, 0.29) is 6.04 Å². The fourth-order valence-corrected chi connectivity index (χ4v) is 8.60. The molecule has 3 nitrogen and oxygen atoms in total. The summed E-state index contributed by atoms with van der Waals surface area (Å²) in [5, 5.41) is 8.80. The summed E-state index contributed by atoms with van der Waals surface area (Å²) in [6, 6.07) is 58.7. The van der Waals surface area contributed by atoms with E-state index in [0.717, 1.165) is 17.2 Å². The molecule has 48 heavy (non-hydrogen) atoms. The highest BCUT2D eigenvalue weighted by Crippen LogP contribution is 2.44. The molecule has 1 atom stereocenters. The van der Waals surface area contributed by atoms with E-state index in [1.165, 1.54) is 69.8 Å². The van der Waals surface area contributed by atoms with E-state index in [0.29, 0.717) is 0 Å². The molecule has 1 unspecified atom stereocenters. The van der Waals surface area contributed by atoms with Gasteiger partial charge in [0.1, 0.15) is 6.04 Å². The van der Waals surface area contributed by atoms with Gasteiger partial charge in [-0.2, -0.15) is 0 Å². The Morgan fingerprint density at radius 1 is 0.521 bits per heavy atom. The second kappa shape index (κ2) is 10.8. The van der Waals surface area contributed by atoms with Crippen molar-refractivity contribution in [2.24, 2.45) is 4.99 Å². The molecule has 4 heteroatoms. The summed E-state index contributed by atoms with van der Waals surface area (Å²) in [6.07, 6.45) is 0. The van der Waals surface area contributed by atoms with Crippen molar-refractivity contribution >= 4 is 65.0 Å². The topological polar surface area (TPSA) is 29.3 Å². The van der Waals surface area contributed by atoms with Gasteiger partial charge in [-0.25, -0.2) is 4.99 Å². The molecule has 1 aliphatic heterocycles. The fourth-order valence-electron chi connectivity index (χ4n) is 7.36. The zero-order valence-electron chi connectivity index (χ0n) is 26.0. The van der Waals surface area contributed by atoms with E-state index in [1.54, 1.807) is 0 Å². The fraction of sp³-hybridized carbons (Fsp3) is 0.0227. The van der Waals surface area contributed by atoms with Crippen LogP contribution in [0.5, 0.6) is 0 Å². The molecule has 7 aromatic carbocycles. The van der Waals surface area contributed by atoms with Crippen LogP contribution in [-0.2, 0) is 0 Å². The summed E-state index contributed by atoms with van der Waals surface area (Å²) in [5.74, 6) is 0.836. The highest BCUT2D eigenvalue weighted by molar-refractivity contribution is 7.26. The first-order chi connectivity index (χ1) is 23.8. The van der Waals surface area contributed by atoms with Crippen LogP contribution in [0.4, 0.5) is 5.69 Å². The molecule has 0 bridgehead atoms. The molecule has 10 rings (SSSR count). The van der Waals surface area contributed by atoms with Crippen molar-refractivity contribution in [2.45, 2.75) is 6.04 Å². The van der Waals surface area contributed by atoms with Gasteiger partial charge < -0.3 is 5.32 Å². The van der Waals surface area contributed by atoms with Crippen LogP contribution in [0.2, 0.25) is 0 Å². The monoisotopic (exact) mass is 631 g/mol. The van der Waals surface area contributed by atoms with Crippen molar-refractivity contribution in [3.63, 3.8) is 0 Å². The molecule has 3 heterocycles. The van der Waals surface area contributed by atoms with Crippen molar-refractivity contribution in [1.29, 1.82) is 0 Å². The third-order valence-electron chi connectivity index (χ3n) is 9.68. The molecule has 0 fully saturated rings. The molecule has 9 aromatic rings. The normalized spacial score (nSPS) is 14.3. The molecular weight excluding hydrogens is 603 g/mol. The third kappa shape index (κ3) is 4.23. The summed E-state index contributed by atoms with van der Waals surface area (Å²) >= 11 is 1.86. The van der Waals surface area contributed by atoms with Crippen molar-refractivity contribution in [1.82, 2.24) is 4.57 Å². The maximum absolute atomic E-state index is 5.55. The van der Waals surface area contributed by atoms with Gasteiger partial charge in [-0.1, -0.05) is 140 Å². The lowest BCUT2D eigenvalue weighted by molar-refractivity contribution is 0.852. The number of anilines is 1. The smallest absolute Gasteiger partial charge is 0.208 e. The minimum atomic E-state index is -0.153. The number of nitrogens with zero attached hydrogens (tertiary/aromatic N) is 2. The number of para-hydroxylation sites is 1. The number of fused-ring (bicyclic) bond motifs is 8. The Bertz CT molecular complexity index is 2680. The predicted octanol–water partition coefficient (Wildman–Crippen LogP) is 11.9. The van der Waals surface area contributed by atoms with Crippen LogP contribution in [0.1, 0.15) is 17.2 Å². The zero-order valence-corrected chi connectivity index (χ0v) is 26.8. The predicted molar refractivity (Wildman–Crippen MR) is 204 cm³/mol. The first-order valence-corrected chi connectivity index (χ1v) is 17.2. The molecular formula is C44H29N3S. The van der Waals surface area contributed by atoms with Gasteiger partial charge in [-0.15, -0.1) is 11.3 Å². The third-order valence-corrected chi connectivity index (χ3v) is 10.9. The Balaban J connectivity index is 1.23. The van der Waals surface area contributed by atoms with Crippen LogP contribution in [-0.4, -0.2) is 10.5 Å². The Morgan fingerprint density at radius 3 is 1.98 bits per heavy atom. The average molecular weight is 632 g/mol. The zero-order chi connectivity index (χ0) is 31.6. The molecule has 0 aliphatic carbocycles. The summed E-state index contributed by atoms with van der Waals surface area (Å²) in [6.45, 7) is 0. The quantitative estimate of drug-likeness (QED) is 0.207. The highest BCUT2D eigenvalue weighted by Gasteiger charge is 2.27. The summed E-state index contributed by atoms with van der Waals surface area (Å²) < 4.78 is 4.94. The minimum absolute atomic E-state index is 0.153. The average Bonchev–Trinajstić information content (AvgIpc) is 3.71. The summed E-state index contributed by atoms with van der Waals surface area (Å²) in [7, 11) is 0. The van der Waals surface area contributed by atoms with E-state index < -0.39 is 0 Å². The van der Waals surface area contributed by atoms with Gasteiger partial charge in [0.05, 0.1) is 15.7 Å². The van der Waals surface area contributed by atoms with Crippen LogP contribution in [0, 0.1) is 0 Å². The molecule has 226 valence electrons. The maximum Gasteiger partial charge on any atom is 0.208 e. The van der Waals surface area contributed by atoms with Crippen LogP contribution in [0.3, 0.4) is 0 Å². The van der Waals surface area contributed by atoms with Gasteiger partial charge in [0, 0.05) is 37.5 Å². The first kappa shape index (κ1) is 27.2. The first-order valence-electron chi connectivity index (χ1n) is 16.3. The number of hydrogen-bond donors (Lipinski definition) is 1. The SMILES string of the molecule is c1ccc(-c2ccc(C3N=C(n4c5ccc(-c6ccccc6)cc5c5ccc6c7ccccc7sc6c54)Nc4ccccc43)cc2)cc1. The van der Waals surface area contributed by atoms with Crippen molar-refractivity contribution in [3.05, 3.63) is 175 Å². The molecule has 0 amide bonds. The second-order valence-electron chi connectivity index (χ2n) is 12.4. The Labute approximate surface area is 282 Å². The Hall–Kier alpha value is -5.97. The van der Waals surface area contributed by atoms with Crippen LogP contribution >= 0.6 is 11.3 Å². The van der Waals surface area contributed by atoms with E-state index >= 15 is 0 Å². The standard InChI is InChI=1S/C44H29N3S/c1-3-11-28(12-4-1)30-19-21-31(22-20-30)41-36-16-7-9-17-38(36)45-44(46-41)47-39-26-23-32(29-13-5-2-6-14-29)27-37(39)34-24-25-35-33-15-8-10-18-40(33)48-43(35)42(34)47/h1-27,41H,(H,45,46). The van der Waals surface area contributed by atoms with Crippen molar-refractivity contribution in [3.8, 4) is 22.3 Å². The molecule has 1 aliphatic rings. The highest BCUT2D eigenvalue weighted by atomic mass is 32.1. The second-order valence-corrected chi connectivity index (χ2v) is 13.5. The van der Waals surface area contributed by atoms with Gasteiger partial charge in [-0.3, -0.25) is 4.57 Å². The number of rotatable bonds is 3. The molecule has 0 saturated carbocycles. The van der Waals surface area contributed by atoms with Crippen LogP contribution in [0.25, 0.3) is 64.2 Å². The Morgan fingerprint density at radius 2 is 1.17 bits per heavy atom. The van der Waals surface area contributed by atoms with Crippen LogP contribution < -0.4 is 5.32 Å². The van der Waals surface area contributed by atoms with E-state index in [1.807, 2.05) is 11.3 Å². The number of aromatic nitrogens is 1. The van der Waals surface area contributed by atoms with E-state index in [4.69, 9.17) is 4.99 Å². The van der Waals surface area contributed by atoms with E-state index in [2.05, 4.69) is 174 Å². The van der Waals surface area contributed by atoms with Gasteiger partial charge in [-0.05, 0) is 52.1 Å². The Kier molecular flexibility index (Phi) is 6.11. The number of nitrogens with one attached hydrogen (secondary N) is 1. The summed E-state index contributed by atoms with van der Waals surface area (Å²) in [5.41, 5.74) is 10.6. The lowest BCUT2D eigenvalue weighted by atomic mass is 9.94. The number of hydrogen-bond acceptors (Lipinski definition) is 3. The maximum atomic E-state index is 5.55. The molecule has 1 N–H and O–H groups in total.